The molecule has 1 nitrogen and oxygen atoms in total. The van der Waals surface area contributed by atoms with E-state index in [0.29, 0.717) is 0 Å². The van der Waals surface area contributed by atoms with Gasteiger partial charge in [-0.25, -0.2) is 0 Å². The first-order valence-electron chi connectivity index (χ1n) is 13.5. The van der Waals surface area contributed by atoms with Crippen LogP contribution in [-0.4, -0.2) is 24.0 Å². The zero-order valence-electron chi connectivity index (χ0n) is 20.6. The van der Waals surface area contributed by atoms with Gasteiger partial charge in [0.2, 0.25) is 0 Å². The van der Waals surface area contributed by atoms with Crippen molar-refractivity contribution >= 4 is 0 Å². The van der Waals surface area contributed by atoms with Crippen LogP contribution in [0.4, 0.5) is 0 Å². The Morgan fingerprint density at radius 2 is 0.786 bits per heavy atom. The molecule has 0 radical (unpaired) electrons. The molecule has 28 heavy (non-hydrogen) atoms. The van der Waals surface area contributed by atoms with Gasteiger partial charge in [-0.3, -0.25) is 0 Å². The largest absolute Gasteiger partial charge is 0.300 e. The minimum Gasteiger partial charge on any atom is -0.300 e. The highest BCUT2D eigenvalue weighted by Crippen LogP contribution is 2.19. The minimum atomic E-state index is 0.859. The van der Waals surface area contributed by atoms with Crippen molar-refractivity contribution in [1.29, 1.82) is 0 Å². The highest BCUT2D eigenvalue weighted by Gasteiger charge is 2.16. The molecule has 1 atom stereocenters. The van der Waals surface area contributed by atoms with Gasteiger partial charge in [0.15, 0.2) is 0 Å². The summed E-state index contributed by atoms with van der Waals surface area (Å²) in [5, 5.41) is 0. The molecule has 0 aromatic rings. The van der Waals surface area contributed by atoms with Gasteiger partial charge in [-0.1, -0.05) is 130 Å². The van der Waals surface area contributed by atoms with Gasteiger partial charge in [-0.2, -0.15) is 0 Å². The lowest BCUT2D eigenvalue weighted by atomic mass is 10.00. The van der Waals surface area contributed by atoms with Gasteiger partial charge in [0, 0.05) is 6.04 Å². The van der Waals surface area contributed by atoms with Crippen molar-refractivity contribution < 1.29 is 0 Å². The molecule has 0 bridgehead atoms. The molecule has 0 aliphatic heterocycles. The molecule has 0 saturated carbocycles. The Kier molecular flexibility index (Phi) is 23.2. The molecule has 0 spiro atoms. The molecule has 0 rings (SSSR count). The Bertz CT molecular complexity index is 259. The summed E-state index contributed by atoms with van der Waals surface area (Å²) in [5.41, 5.74) is 0. The smallest absolute Gasteiger partial charge is 0.00951 e. The standard InChI is InChI=1S/C27H57N/c1-5-9-12-15-18-21-25-28(26-22-19-16-13-10-6-2)27(23-8-4)24-20-17-14-11-7-3/h27H,5-26H2,1-4H3. The second kappa shape index (κ2) is 23.2. The van der Waals surface area contributed by atoms with Gasteiger partial charge in [-0.15, -0.1) is 0 Å². The molecular formula is C27H57N. The first kappa shape index (κ1) is 28.0. The van der Waals surface area contributed by atoms with Crippen molar-refractivity contribution in [3.05, 3.63) is 0 Å². The zero-order chi connectivity index (χ0) is 20.7. The van der Waals surface area contributed by atoms with Gasteiger partial charge in [0.05, 0.1) is 0 Å². The van der Waals surface area contributed by atoms with Crippen LogP contribution in [0.5, 0.6) is 0 Å². The summed E-state index contributed by atoms with van der Waals surface area (Å²) in [6, 6.07) is 0.859. The van der Waals surface area contributed by atoms with Gasteiger partial charge in [-0.05, 0) is 38.8 Å². The molecule has 170 valence electrons. The van der Waals surface area contributed by atoms with Crippen molar-refractivity contribution in [2.45, 2.75) is 162 Å². The van der Waals surface area contributed by atoms with Crippen LogP contribution < -0.4 is 0 Å². The third-order valence-corrected chi connectivity index (χ3v) is 6.38. The second-order valence-corrected chi connectivity index (χ2v) is 9.22. The topological polar surface area (TPSA) is 3.24 Å². The summed E-state index contributed by atoms with van der Waals surface area (Å²) in [6.45, 7) is 12.1. The van der Waals surface area contributed by atoms with E-state index in [0.717, 1.165) is 6.04 Å². The number of nitrogens with zero attached hydrogens (tertiary/aromatic N) is 1. The number of unbranched alkanes of at least 4 members (excludes halogenated alkanes) is 14. The molecular weight excluding hydrogens is 338 g/mol. The molecule has 0 amide bonds. The predicted molar refractivity (Wildman–Crippen MR) is 130 cm³/mol. The average Bonchev–Trinajstić information content (AvgIpc) is 2.70. The van der Waals surface area contributed by atoms with Crippen LogP contribution in [0.2, 0.25) is 0 Å². The molecule has 0 heterocycles. The van der Waals surface area contributed by atoms with E-state index < -0.39 is 0 Å². The zero-order valence-corrected chi connectivity index (χ0v) is 20.6. The van der Waals surface area contributed by atoms with E-state index in [-0.39, 0.29) is 0 Å². The lowest BCUT2D eigenvalue weighted by molar-refractivity contribution is 0.165. The van der Waals surface area contributed by atoms with Crippen LogP contribution in [0.15, 0.2) is 0 Å². The Morgan fingerprint density at radius 3 is 1.21 bits per heavy atom. The van der Waals surface area contributed by atoms with E-state index in [4.69, 9.17) is 0 Å². The highest BCUT2D eigenvalue weighted by atomic mass is 15.1. The number of hydrogen-bond acceptors (Lipinski definition) is 1. The molecule has 1 unspecified atom stereocenters. The van der Waals surface area contributed by atoms with Crippen LogP contribution in [0, 0.1) is 0 Å². The molecule has 1 heteroatoms. The Labute approximate surface area is 180 Å². The van der Waals surface area contributed by atoms with Crippen LogP contribution in [0.25, 0.3) is 0 Å². The Morgan fingerprint density at radius 1 is 0.393 bits per heavy atom. The molecule has 0 aliphatic carbocycles. The highest BCUT2D eigenvalue weighted by molar-refractivity contribution is 4.72. The molecule has 0 N–H and O–H groups in total. The summed E-state index contributed by atoms with van der Waals surface area (Å²) >= 11 is 0. The van der Waals surface area contributed by atoms with Gasteiger partial charge >= 0.3 is 0 Å². The fraction of sp³-hybridized carbons (Fsp3) is 1.00. The first-order chi connectivity index (χ1) is 13.8. The van der Waals surface area contributed by atoms with Gasteiger partial charge in [0.1, 0.15) is 0 Å². The third-order valence-electron chi connectivity index (χ3n) is 6.38. The van der Waals surface area contributed by atoms with Crippen LogP contribution >= 0.6 is 0 Å². The van der Waals surface area contributed by atoms with E-state index >= 15 is 0 Å². The lowest BCUT2D eigenvalue weighted by Gasteiger charge is -2.32. The fourth-order valence-corrected chi connectivity index (χ4v) is 4.49. The first-order valence-corrected chi connectivity index (χ1v) is 13.5. The third kappa shape index (κ3) is 18.0. The maximum atomic E-state index is 2.92. The van der Waals surface area contributed by atoms with E-state index in [1.54, 1.807) is 0 Å². The average molecular weight is 396 g/mol. The summed E-state index contributed by atoms with van der Waals surface area (Å²) in [7, 11) is 0. The minimum absolute atomic E-state index is 0.859. The predicted octanol–water partition coefficient (Wildman–Crippen LogP) is 9.54. The summed E-state index contributed by atoms with van der Waals surface area (Å²) in [4.78, 5) is 2.92. The molecule has 0 aromatic heterocycles. The van der Waals surface area contributed by atoms with Crippen molar-refractivity contribution in [2.24, 2.45) is 0 Å². The molecule has 0 aliphatic rings. The maximum Gasteiger partial charge on any atom is 0.00951 e. The molecule has 0 saturated heterocycles. The Hall–Kier alpha value is -0.0400. The number of rotatable bonds is 23. The summed E-state index contributed by atoms with van der Waals surface area (Å²) < 4.78 is 0. The Balaban J connectivity index is 4.33. The SMILES string of the molecule is CCCCCCCCN(CCCCCCCC)C(CCC)CCCCCCC. The summed E-state index contributed by atoms with van der Waals surface area (Å²) in [6.07, 6.45) is 28.5. The van der Waals surface area contributed by atoms with E-state index in [2.05, 4.69) is 32.6 Å². The van der Waals surface area contributed by atoms with E-state index in [9.17, 15) is 0 Å². The fourth-order valence-electron chi connectivity index (χ4n) is 4.49. The lowest BCUT2D eigenvalue weighted by Crippen LogP contribution is -2.37. The van der Waals surface area contributed by atoms with E-state index in [1.807, 2.05) is 0 Å². The normalized spacial score (nSPS) is 12.8. The van der Waals surface area contributed by atoms with Crippen molar-refractivity contribution in [3.8, 4) is 0 Å². The van der Waals surface area contributed by atoms with Gasteiger partial charge < -0.3 is 4.90 Å². The second-order valence-electron chi connectivity index (χ2n) is 9.22. The van der Waals surface area contributed by atoms with Crippen LogP contribution in [-0.2, 0) is 0 Å². The molecule has 0 fully saturated rings. The van der Waals surface area contributed by atoms with Crippen molar-refractivity contribution in [2.75, 3.05) is 13.1 Å². The number of hydrogen-bond donors (Lipinski definition) is 0. The van der Waals surface area contributed by atoms with Gasteiger partial charge in [0.25, 0.3) is 0 Å². The monoisotopic (exact) mass is 395 g/mol. The van der Waals surface area contributed by atoms with Crippen LogP contribution in [0.3, 0.4) is 0 Å². The quantitative estimate of drug-likeness (QED) is 0.156. The van der Waals surface area contributed by atoms with Crippen molar-refractivity contribution in [3.63, 3.8) is 0 Å². The molecule has 0 aromatic carbocycles. The van der Waals surface area contributed by atoms with E-state index in [1.165, 1.54) is 142 Å². The maximum absolute atomic E-state index is 2.92. The van der Waals surface area contributed by atoms with Crippen LogP contribution in [0.1, 0.15) is 156 Å². The summed E-state index contributed by atoms with van der Waals surface area (Å²) in [5.74, 6) is 0. The van der Waals surface area contributed by atoms with Crippen molar-refractivity contribution in [1.82, 2.24) is 4.90 Å².